The van der Waals surface area contributed by atoms with Gasteiger partial charge in [-0.3, -0.25) is 4.79 Å². The van der Waals surface area contributed by atoms with Crippen molar-refractivity contribution in [2.75, 3.05) is 13.1 Å². The molecule has 3 aromatic rings. The van der Waals surface area contributed by atoms with Crippen molar-refractivity contribution in [3.63, 3.8) is 0 Å². The molecule has 0 radical (unpaired) electrons. The lowest BCUT2D eigenvalue weighted by Gasteiger charge is -2.20. The average molecular weight is 322 g/mol. The Kier molecular flexibility index (Phi) is 3.60. The highest BCUT2D eigenvalue weighted by atomic mass is 19.1. The number of amides is 1. The second kappa shape index (κ2) is 5.78. The van der Waals surface area contributed by atoms with E-state index in [1.165, 1.54) is 34.3 Å². The maximum atomic E-state index is 13.1. The Hall–Kier alpha value is -2.62. The lowest BCUT2D eigenvalue weighted by atomic mass is 10.1. The number of rotatable bonds is 1. The molecule has 3 nitrogen and oxygen atoms in total. The first-order valence-corrected chi connectivity index (χ1v) is 8.25. The van der Waals surface area contributed by atoms with Gasteiger partial charge in [-0.05, 0) is 42.3 Å². The normalized spacial score (nSPS) is 14.5. The van der Waals surface area contributed by atoms with Crippen LogP contribution in [-0.4, -0.2) is 28.5 Å². The Morgan fingerprint density at radius 3 is 2.50 bits per heavy atom. The van der Waals surface area contributed by atoms with Crippen LogP contribution in [-0.2, 0) is 19.9 Å². The summed E-state index contributed by atoms with van der Waals surface area (Å²) in [6, 6.07) is 14.2. The number of aryl methyl sites for hydroxylation is 1. The summed E-state index contributed by atoms with van der Waals surface area (Å²) in [7, 11) is 2.10. The number of fused-ring (bicyclic) bond motifs is 3. The number of hydrogen-bond acceptors (Lipinski definition) is 1. The van der Waals surface area contributed by atoms with Crippen molar-refractivity contribution in [3.05, 3.63) is 71.2 Å². The highest BCUT2D eigenvalue weighted by Gasteiger charge is 2.23. The minimum Gasteiger partial charge on any atom is -0.347 e. The van der Waals surface area contributed by atoms with Crippen LogP contribution in [0.4, 0.5) is 4.39 Å². The first kappa shape index (κ1) is 14.9. The van der Waals surface area contributed by atoms with Crippen LogP contribution in [0.1, 0.15) is 21.6 Å². The van der Waals surface area contributed by atoms with Gasteiger partial charge in [0.15, 0.2) is 0 Å². The SMILES string of the molecule is Cn1c2c(c3ccccc31)CCN(C(=O)c1ccc(F)cc1)CC2. The van der Waals surface area contributed by atoms with Crippen LogP contribution in [0.2, 0.25) is 0 Å². The largest absolute Gasteiger partial charge is 0.347 e. The Morgan fingerprint density at radius 1 is 1.00 bits per heavy atom. The predicted molar refractivity (Wildman–Crippen MR) is 92.6 cm³/mol. The number of hydrogen-bond donors (Lipinski definition) is 0. The summed E-state index contributed by atoms with van der Waals surface area (Å²) >= 11 is 0. The van der Waals surface area contributed by atoms with Crippen molar-refractivity contribution < 1.29 is 9.18 Å². The molecule has 1 aromatic heterocycles. The lowest BCUT2D eigenvalue weighted by molar-refractivity contribution is 0.0762. The molecule has 1 aliphatic rings. The van der Waals surface area contributed by atoms with Gasteiger partial charge < -0.3 is 9.47 Å². The van der Waals surface area contributed by atoms with E-state index in [1.807, 2.05) is 4.90 Å². The number of carbonyl (C=O) groups excluding carboxylic acids is 1. The standard InChI is InChI=1S/C20H19FN2O/c1-22-18-5-3-2-4-16(18)17-10-12-23(13-11-19(17)22)20(24)14-6-8-15(21)9-7-14/h2-9H,10-13H2,1H3. The Balaban J connectivity index is 1.62. The van der Waals surface area contributed by atoms with Crippen LogP contribution < -0.4 is 0 Å². The van der Waals surface area contributed by atoms with Crippen molar-refractivity contribution >= 4 is 16.8 Å². The minimum atomic E-state index is -0.318. The minimum absolute atomic E-state index is 0.0212. The molecule has 1 amide bonds. The summed E-state index contributed by atoms with van der Waals surface area (Å²) < 4.78 is 15.3. The van der Waals surface area contributed by atoms with E-state index in [0.717, 1.165) is 12.8 Å². The number of carbonyl (C=O) groups is 1. The molecule has 0 N–H and O–H groups in total. The smallest absolute Gasteiger partial charge is 0.253 e. The molecule has 122 valence electrons. The summed E-state index contributed by atoms with van der Waals surface area (Å²) in [5, 5.41) is 1.28. The third-order valence-corrected chi connectivity index (χ3v) is 4.97. The van der Waals surface area contributed by atoms with Gasteiger partial charge in [0.25, 0.3) is 5.91 Å². The van der Waals surface area contributed by atoms with Gasteiger partial charge in [-0.1, -0.05) is 18.2 Å². The van der Waals surface area contributed by atoms with Crippen molar-refractivity contribution in [1.29, 1.82) is 0 Å². The van der Waals surface area contributed by atoms with Crippen LogP contribution >= 0.6 is 0 Å². The number of para-hydroxylation sites is 1. The average Bonchev–Trinajstić information content (AvgIpc) is 2.76. The second-order valence-electron chi connectivity index (χ2n) is 6.30. The Morgan fingerprint density at radius 2 is 1.71 bits per heavy atom. The molecule has 0 unspecified atom stereocenters. The molecular formula is C20H19FN2O. The number of aromatic nitrogens is 1. The van der Waals surface area contributed by atoms with Crippen LogP contribution in [0.3, 0.4) is 0 Å². The molecule has 0 bridgehead atoms. The van der Waals surface area contributed by atoms with Crippen LogP contribution in [0.5, 0.6) is 0 Å². The van der Waals surface area contributed by atoms with E-state index in [0.29, 0.717) is 18.7 Å². The second-order valence-corrected chi connectivity index (χ2v) is 6.30. The van der Waals surface area contributed by atoms with Gasteiger partial charge in [-0.25, -0.2) is 4.39 Å². The highest BCUT2D eigenvalue weighted by molar-refractivity contribution is 5.94. The number of halogens is 1. The van der Waals surface area contributed by atoms with Gasteiger partial charge in [0.2, 0.25) is 0 Å². The van der Waals surface area contributed by atoms with Crippen LogP contribution in [0.15, 0.2) is 48.5 Å². The zero-order chi connectivity index (χ0) is 16.7. The summed E-state index contributed by atoms with van der Waals surface area (Å²) in [6.45, 7) is 1.38. The predicted octanol–water partition coefficient (Wildman–Crippen LogP) is 3.56. The quantitative estimate of drug-likeness (QED) is 0.672. The van der Waals surface area contributed by atoms with E-state index in [1.54, 1.807) is 12.1 Å². The van der Waals surface area contributed by atoms with Crippen LogP contribution in [0, 0.1) is 5.82 Å². The maximum absolute atomic E-state index is 13.1. The number of nitrogens with zero attached hydrogens (tertiary/aromatic N) is 2. The van der Waals surface area contributed by atoms with Gasteiger partial charge in [0, 0.05) is 48.7 Å². The first-order valence-electron chi connectivity index (χ1n) is 8.25. The fraction of sp³-hybridized carbons (Fsp3) is 0.250. The van der Waals surface area contributed by atoms with Crippen LogP contribution in [0.25, 0.3) is 10.9 Å². The lowest BCUT2D eigenvalue weighted by Crippen LogP contribution is -2.33. The molecule has 2 heterocycles. The van der Waals surface area contributed by atoms with E-state index >= 15 is 0 Å². The van der Waals surface area contributed by atoms with Gasteiger partial charge >= 0.3 is 0 Å². The molecule has 4 heteroatoms. The van der Waals surface area contributed by atoms with Gasteiger partial charge in [0.05, 0.1) is 0 Å². The molecule has 0 fully saturated rings. The molecule has 0 saturated heterocycles. The van der Waals surface area contributed by atoms with E-state index in [4.69, 9.17) is 0 Å². The maximum Gasteiger partial charge on any atom is 0.253 e. The fourth-order valence-electron chi connectivity index (χ4n) is 3.70. The zero-order valence-electron chi connectivity index (χ0n) is 13.6. The van der Waals surface area contributed by atoms with E-state index < -0.39 is 0 Å². The monoisotopic (exact) mass is 322 g/mol. The molecule has 24 heavy (non-hydrogen) atoms. The third-order valence-electron chi connectivity index (χ3n) is 4.97. The Labute approximate surface area is 140 Å². The number of benzene rings is 2. The summed E-state index contributed by atoms with van der Waals surface area (Å²) in [6.07, 6.45) is 1.69. The molecule has 0 saturated carbocycles. The molecule has 2 aromatic carbocycles. The van der Waals surface area contributed by atoms with Gasteiger partial charge in [-0.2, -0.15) is 0 Å². The van der Waals surface area contributed by atoms with Crippen molar-refractivity contribution in [2.45, 2.75) is 12.8 Å². The molecule has 0 aliphatic carbocycles. The zero-order valence-corrected chi connectivity index (χ0v) is 13.6. The molecule has 1 aliphatic heterocycles. The van der Waals surface area contributed by atoms with Gasteiger partial charge in [-0.15, -0.1) is 0 Å². The van der Waals surface area contributed by atoms with Crippen molar-refractivity contribution in [1.82, 2.24) is 9.47 Å². The van der Waals surface area contributed by atoms with E-state index in [9.17, 15) is 9.18 Å². The summed E-state index contributed by atoms with van der Waals surface area (Å²) in [5.41, 5.74) is 4.46. The van der Waals surface area contributed by atoms with Gasteiger partial charge in [0.1, 0.15) is 5.82 Å². The third kappa shape index (κ3) is 2.39. The summed E-state index contributed by atoms with van der Waals surface area (Å²) in [4.78, 5) is 14.6. The van der Waals surface area contributed by atoms with Crippen molar-refractivity contribution in [3.8, 4) is 0 Å². The molecule has 0 atom stereocenters. The molecule has 0 spiro atoms. The highest BCUT2D eigenvalue weighted by Crippen LogP contribution is 2.28. The molecular weight excluding hydrogens is 303 g/mol. The topological polar surface area (TPSA) is 25.2 Å². The first-order chi connectivity index (χ1) is 11.6. The molecule has 4 rings (SSSR count). The summed E-state index contributed by atoms with van der Waals surface area (Å²) in [5.74, 6) is -0.339. The van der Waals surface area contributed by atoms with E-state index in [2.05, 4.69) is 35.9 Å². The van der Waals surface area contributed by atoms with Crippen molar-refractivity contribution in [2.24, 2.45) is 7.05 Å². The fourth-order valence-corrected chi connectivity index (χ4v) is 3.70. The van der Waals surface area contributed by atoms with E-state index in [-0.39, 0.29) is 11.7 Å². The Bertz CT molecular complexity index is 911.